The second-order valence-corrected chi connectivity index (χ2v) is 3.44. The summed E-state index contributed by atoms with van der Waals surface area (Å²) in [5, 5.41) is 3.62. The van der Waals surface area contributed by atoms with Crippen LogP contribution >= 0.6 is 0 Å². The van der Waals surface area contributed by atoms with Gasteiger partial charge in [-0.1, -0.05) is 17.7 Å². The maximum Gasteiger partial charge on any atom is 0.412 e. The van der Waals surface area contributed by atoms with Crippen LogP contribution in [0.1, 0.15) is 21.5 Å². The molecule has 0 spiro atoms. The molecule has 3 heteroatoms. The van der Waals surface area contributed by atoms with Gasteiger partial charge in [-0.05, 0) is 24.6 Å². The Morgan fingerprint density at radius 2 is 2.07 bits per heavy atom. The number of benzene rings is 1. The number of aryl methyl sites for hydroxylation is 1. The van der Waals surface area contributed by atoms with E-state index in [9.17, 15) is 4.79 Å². The largest absolute Gasteiger partial charge is 0.412 e. The van der Waals surface area contributed by atoms with Crippen molar-refractivity contribution in [3.63, 3.8) is 0 Å². The lowest BCUT2D eigenvalue weighted by Gasteiger charge is -2.05. The average Bonchev–Trinajstić information content (AvgIpc) is 2.23. The van der Waals surface area contributed by atoms with Crippen molar-refractivity contribution < 1.29 is 9.58 Å². The van der Waals surface area contributed by atoms with Crippen LogP contribution in [0.4, 0.5) is 0 Å². The quantitative estimate of drug-likeness (QED) is 0.465. The summed E-state index contributed by atoms with van der Waals surface area (Å²) >= 11 is 0. The molecule has 1 aliphatic rings. The third kappa shape index (κ3) is 1.65. The number of fused-ring (bicyclic) bond motifs is 1. The summed E-state index contributed by atoms with van der Waals surface area (Å²) in [5.74, 6) is -0.0539. The normalized spacial score (nSPS) is 13.5. The first-order valence-electron chi connectivity index (χ1n) is 4.72. The second kappa shape index (κ2) is 3.64. The first kappa shape index (κ1) is 9.56. The van der Waals surface area contributed by atoms with Gasteiger partial charge in [0.2, 0.25) is 0 Å². The number of Topliss-reactive ketones (excluding diaryl/α,β-unsaturated/α-hetero) is 1. The van der Waals surface area contributed by atoms with E-state index in [1.54, 1.807) is 13.1 Å². The average molecular weight is 199 g/mol. The zero-order chi connectivity index (χ0) is 10.8. The van der Waals surface area contributed by atoms with Crippen molar-refractivity contribution in [2.75, 3.05) is 7.05 Å². The number of carbonyl (C=O) groups is 1. The zero-order valence-electron chi connectivity index (χ0n) is 8.69. The van der Waals surface area contributed by atoms with Crippen molar-refractivity contribution in [2.24, 2.45) is 5.11 Å². The number of hydrogen-bond acceptors (Lipinski definition) is 2. The number of carbonyl (C=O) groups excluding carboxylic acids is 1. The van der Waals surface area contributed by atoms with Crippen molar-refractivity contribution in [1.29, 1.82) is 0 Å². The van der Waals surface area contributed by atoms with E-state index in [2.05, 4.69) is 9.90 Å². The summed E-state index contributed by atoms with van der Waals surface area (Å²) in [7, 11) is 1.56. The molecule has 74 valence electrons. The third-order valence-corrected chi connectivity index (χ3v) is 2.31. The van der Waals surface area contributed by atoms with E-state index >= 15 is 0 Å². The Labute approximate surface area is 87.9 Å². The van der Waals surface area contributed by atoms with E-state index in [-0.39, 0.29) is 5.78 Å². The summed E-state index contributed by atoms with van der Waals surface area (Å²) in [6.07, 6.45) is 3.59. The standard InChI is InChI=1S/C12H11N2O/c1-8-3-4-9-5-6-11(14-13-2)12(15)10(9)7-8/h3-7H,1-2H3/q+1. The Kier molecular flexibility index (Phi) is 2.32. The molecule has 0 saturated heterocycles. The molecule has 0 bridgehead atoms. The minimum absolute atomic E-state index is 0.0539. The maximum absolute atomic E-state index is 11.9. The molecule has 3 nitrogen and oxygen atoms in total. The third-order valence-electron chi connectivity index (χ3n) is 2.31. The van der Waals surface area contributed by atoms with Crippen LogP contribution in [0.5, 0.6) is 0 Å². The molecule has 2 rings (SSSR count). The first-order chi connectivity index (χ1) is 7.22. The van der Waals surface area contributed by atoms with Gasteiger partial charge in [0, 0.05) is 11.6 Å². The zero-order valence-corrected chi connectivity index (χ0v) is 8.69. The van der Waals surface area contributed by atoms with Crippen molar-refractivity contribution in [3.8, 4) is 0 Å². The van der Waals surface area contributed by atoms with Crippen LogP contribution in [0.15, 0.2) is 29.4 Å². The molecule has 0 heterocycles. The van der Waals surface area contributed by atoms with E-state index in [0.29, 0.717) is 11.3 Å². The van der Waals surface area contributed by atoms with E-state index < -0.39 is 0 Å². The first-order valence-corrected chi connectivity index (χ1v) is 4.72. The summed E-state index contributed by atoms with van der Waals surface area (Å²) in [5.41, 5.74) is 3.13. The van der Waals surface area contributed by atoms with Gasteiger partial charge in [-0.15, -0.1) is 0 Å². The van der Waals surface area contributed by atoms with Crippen LogP contribution in [0, 0.1) is 6.92 Å². The molecular formula is C12H11N2O+. The Balaban J connectivity index is 2.63. The van der Waals surface area contributed by atoms with E-state index in [1.165, 1.54) is 0 Å². The number of rotatable bonds is 0. The van der Waals surface area contributed by atoms with Gasteiger partial charge in [0.1, 0.15) is 7.05 Å². The molecule has 1 aromatic carbocycles. The monoisotopic (exact) mass is 199 g/mol. The lowest BCUT2D eigenvalue weighted by molar-refractivity contribution is -0.0826. The van der Waals surface area contributed by atoms with Crippen LogP contribution in [-0.4, -0.2) is 23.3 Å². The van der Waals surface area contributed by atoms with Crippen LogP contribution in [0.2, 0.25) is 0 Å². The van der Waals surface area contributed by atoms with Gasteiger partial charge < -0.3 is 0 Å². The van der Waals surface area contributed by atoms with Crippen molar-refractivity contribution in [1.82, 2.24) is 0 Å². The van der Waals surface area contributed by atoms with Gasteiger partial charge in [0.25, 0.3) is 5.78 Å². The molecule has 0 aliphatic heterocycles. The van der Waals surface area contributed by atoms with Crippen molar-refractivity contribution in [3.05, 3.63) is 41.0 Å². The van der Waals surface area contributed by atoms with Crippen LogP contribution in [-0.2, 0) is 0 Å². The van der Waals surface area contributed by atoms with Gasteiger partial charge in [-0.25, -0.2) is 0 Å². The Morgan fingerprint density at radius 3 is 2.80 bits per heavy atom. The second-order valence-electron chi connectivity index (χ2n) is 3.44. The molecule has 0 amide bonds. The minimum Gasteiger partial charge on any atom is -0.280 e. The molecule has 1 aromatic rings. The minimum atomic E-state index is -0.0539. The molecule has 0 aromatic heterocycles. The van der Waals surface area contributed by atoms with Gasteiger partial charge in [0.15, 0.2) is 0 Å². The fourth-order valence-electron chi connectivity index (χ4n) is 1.58. The number of ketones is 1. The van der Waals surface area contributed by atoms with E-state index in [1.807, 2.05) is 31.2 Å². The lowest BCUT2D eigenvalue weighted by Crippen LogP contribution is -2.17. The summed E-state index contributed by atoms with van der Waals surface area (Å²) in [4.78, 5) is 15.7. The molecule has 0 unspecified atom stereocenters. The molecule has 1 aliphatic carbocycles. The number of nitrogens with zero attached hydrogens (tertiary/aromatic N) is 2. The van der Waals surface area contributed by atoms with Gasteiger partial charge >= 0.3 is 5.71 Å². The maximum atomic E-state index is 11.9. The Morgan fingerprint density at radius 1 is 1.27 bits per heavy atom. The molecule has 0 N–H and O–H groups in total. The van der Waals surface area contributed by atoms with Crippen molar-refractivity contribution in [2.45, 2.75) is 6.92 Å². The fourth-order valence-corrected chi connectivity index (χ4v) is 1.58. The smallest absolute Gasteiger partial charge is 0.280 e. The van der Waals surface area contributed by atoms with Gasteiger partial charge in [-0.2, -0.15) is 0 Å². The van der Waals surface area contributed by atoms with Crippen LogP contribution in [0.3, 0.4) is 0 Å². The molecular weight excluding hydrogens is 188 g/mol. The van der Waals surface area contributed by atoms with E-state index in [0.717, 1.165) is 11.1 Å². The SMILES string of the molecule is CN=[N+]=C1C=Cc2ccc(C)cc2C1=O. The number of hydrogen-bond donors (Lipinski definition) is 0. The predicted molar refractivity (Wildman–Crippen MR) is 58.2 cm³/mol. The van der Waals surface area contributed by atoms with Gasteiger partial charge in [-0.3, -0.25) is 4.79 Å². The highest BCUT2D eigenvalue weighted by molar-refractivity contribution is 6.50. The predicted octanol–water partition coefficient (Wildman–Crippen LogP) is 1.94. The fraction of sp³-hybridized carbons (Fsp3) is 0.167. The van der Waals surface area contributed by atoms with Crippen molar-refractivity contribution >= 4 is 17.6 Å². The molecule has 0 saturated carbocycles. The van der Waals surface area contributed by atoms with Crippen LogP contribution < -0.4 is 0 Å². The Bertz CT molecular complexity index is 520. The summed E-state index contributed by atoms with van der Waals surface area (Å²) < 4.78 is 0. The van der Waals surface area contributed by atoms with E-state index in [4.69, 9.17) is 0 Å². The highest BCUT2D eigenvalue weighted by Crippen LogP contribution is 2.18. The highest BCUT2D eigenvalue weighted by atomic mass is 16.1. The van der Waals surface area contributed by atoms with Crippen LogP contribution in [0.25, 0.3) is 6.08 Å². The lowest BCUT2D eigenvalue weighted by atomic mass is 9.93. The molecule has 15 heavy (non-hydrogen) atoms. The number of allylic oxidation sites excluding steroid dienone is 1. The highest BCUT2D eigenvalue weighted by Gasteiger charge is 2.27. The Hall–Kier alpha value is -1.99. The summed E-state index contributed by atoms with van der Waals surface area (Å²) in [6.45, 7) is 1.97. The summed E-state index contributed by atoms with van der Waals surface area (Å²) in [6, 6.07) is 5.81. The molecule has 0 radical (unpaired) electrons. The molecule has 0 atom stereocenters. The van der Waals surface area contributed by atoms with Gasteiger partial charge in [0.05, 0.1) is 9.90 Å². The molecule has 0 fully saturated rings. The topological polar surface area (TPSA) is 43.5 Å².